The fourth-order valence-corrected chi connectivity index (χ4v) is 2.56. The zero-order valence-corrected chi connectivity index (χ0v) is 16.0. The summed E-state index contributed by atoms with van der Waals surface area (Å²) in [5, 5.41) is 4.67. The Kier molecular flexibility index (Phi) is 6.65. The van der Waals surface area contributed by atoms with Gasteiger partial charge in [0.15, 0.2) is 0 Å². The molecule has 5 nitrogen and oxygen atoms in total. The Hall–Kier alpha value is -3.31. The van der Waals surface area contributed by atoms with E-state index in [0.717, 1.165) is 16.9 Å². The molecular formula is C22H19ClN2O3. The minimum absolute atomic E-state index is 0.330. The Morgan fingerprint density at radius 3 is 2.46 bits per heavy atom. The number of rotatable bonds is 7. The van der Waals surface area contributed by atoms with E-state index in [2.05, 4.69) is 10.5 Å². The molecule has 0 unspecified atom stereocenters. The molecule has 0 saturated heterocycles. The van der Waals surface area contributed by atoms with Gasteiger partial charge in [-0.2, -0.15) is 5.10 Å². The summed E-state index contributed by atoms with van der Waals surface area (Å²) in [4.78, 5) is 12.5. The van der Waals surface area contributed by atoms with E-state index in [1.165, 1.54) is 0 Å². The summed E-state index contributed by atoms with van der Waals surface area (Å²) in [6.45, 7) is 0.330. The number of benzene rings is 3. The number of hydrogen-bond acceptors (Lipinski definition) is 4. The Morgan fingerprint density at radius 1 is 1.04 bits per heavy atom. The first kappa shape index (κ1) is 19.5. The predicted octanol–water partition coefficient (Wildman–Crippen LogP) is 4.69. The molecular weight excluding hydrogens is 376 g/mol. The molecule has 0 atom stereocenters. The van der Waals surface area contributed by atoms with Gasteiger partial charge in [0.1, 0.15) is 18.1 Å². The number of carbonyl (C=O) groups is 1. The van der Waals surface area contributed by atoms with Crippen LogP contribution in [0.15, 0.2) is 77.9 Å². The van der Waals surface area contributed by atoms with Crippen LogP contribution in [0, 0.1) is 0 Å². The Labute approximate surface area is 168 Å². The molecule has 3 aromatic rings. The molecule has 1 amide bonds. The van der Waals surface area contributed by atoms with Crippen molar-refractivity contribution in [1.82, 2.24) is 5.43 Å². The van der Waals surface area contributed by atoms with Crippen molar-refractivity contribution in [2.45, 2.75) is 6.61 Å². The van der Waals surface area contributed by atoms with Gasteiger partial charge in [-0.05, 0) is 59.7 Å². The lowest BCUT2D eigenvalue weighted by molar-refractivity contribution is 0.0950. The first-order chi connectivity index (χ1) is 13.7. The van der Waals surface area contributed by atoms with Crippen molar-refractivity contribution in [2.75, 3.05) is 7.11 Å². The fourth-order valence-electron chi connectivity index (χ4n) is 2.44. The molecule has 0 heterocycles. The molecule has 0 bridgehead atoms. The third kappa shape index (κ3) is 5.34. The van der Waals surface area contributed by atoms with Gasteiger partial charge in [0.2, 0.25) is 0 Å². The zero-order chi connectivity index (χ0) is 19.8. The van der Waals surface area contributed by atoms with Crippen molar-refractivity contribution in [3.63, 3.8) is 0 Å². The van der Waals surface area contributed by atoms with Crippen molar-refractivity contribution < 1.29 is 14.3 Å². The lowest BCUT2D eigenvalue weighted by Crippen LogP contribution is -2.18. The second kappa shape index (κ2) is 9.58. The summed E-state index contributed by atoms with van der Waals surface area (Å²) in [5.41, 5.74) is 4.73. The quantitative estimate of drug-likeness (QED) is 0.467. The van der Waals surface area contributed by atoms with E-state index in [1.54, 1.807) is 43.7 Å². The van der Waals surface area contributed by atoms with Gasteiger partial charge in [0.05, 0.1) is 18.9 Å². The average Bonchev–Trinajstić information content (AvgIpc) is 2.74. The van der Waals surface area contributed by atoms with Gasteiger partial charge in [-0.25, -0.2) is 5.43 Å². The van der Waals surface area contributed by atoms with E-state index in [9.17, 15) is 4.79 Å². The summed E-state index contributed by atoms with van der Waals surface area (Å²) in [6, 6.07) is 21.7. The molecule has 0 fully saturated rings. The van der Waals surface area contributed by atoms with Crippen LogP contribution >= 0.6 is 11.6 Å². The molecule has 0 spiro atoms. The third-order valence-electron chi connectivity index (χ3n) is 3.93. The predicted molar refractivity (Wildman–Crippen MR) is 110 cm³/mol. The maximum Gasteiger partial charge on any atom is 0.275 e. The van der Waals surface area contributed by atoms with Crippen molar-refractivity contribution in [2.24, 2.45) is 5.10 Å². The molecule has 0 aliphatic rings. The van der Waals surface area contributed by atoms with Gasteiger partial charge >= 0.3 is 0 Å². The highest BCUT2D eigenvalue weighted by molar-refractivity contribution is 6.30. The smallest absolute Gasteiger partial charge is 0.275 e. The number of halogens is 1. The van der Waals surface area contributed by atoms with Crippen LogP contribution in [0.25, 0.3) is 0 Å². The van der Waals surface area contributed by atoms with Gasteiger partial charge in [-0.15, -0.1) is 0 Å². The second-order valence-electron chi connectivity index (χ2n) is 5.88. The van der Waals surface area contributed by atoms with Crippen LogP contribution in [0.2, 0.25) is 5.02 Å². The molecule has 0 aliphatic carbocycles. The molecule has 0 radical (unpaired) electrons. The summed E-state index contributed by atoms with van der Waals surface area (Å²) in [6.07, 6.45) is 1.56. The monoisotopic (exact) mass is 394 g/mol. The van der Waals surface area contributed by atoms with Crippen molar-refractivity contribution in [3.8, 4) is 11.5 Å². The molecule has 6 heteroatoms. The molecule has 0 aliphatic heterocycles. The molecule has 28 heavy (non-hydrogen) atoms. The van der Waals surface area contributed by atoms with Crippen LogP contribution in [0.5, 0.6) is 11.5 Å². The Morgan fingerprint density at radius 2 is 1.75 bits per heavy atom. The van der Waals surface area contributed by atoms with E-state index in [0.29, 0.717) is 22.9 Å². The number of amides is 1. The van der Waals surface area contributed by atoms with E-state index >= 15 is 0 Å². The molecule has 142 valence electrons. The van der Waals surface area contributed by atoms with Crippen molar-refractivity contribution in [1.29, 1.82) is 0 Å². The van der Waals surface area contributed by atoms with Crippen molar-refractivity contribution in [3.05, 3.63) is 94.5 Å². The van der Waals surface area contributed by atoms with Crippen LogP contribution in [0.3, 0.4) is 0 Å². The Balaban J connectivity index is 1.62. The second-order valence-corrected chi connectivity index (χ2v) is 6.32. The molecule has 0 saturated carbocycles. The van der Waals surface area contributed by atoms with Gasteiger partial charge < -0.3 is 9.47 Å². The van der Waals surface area contributed by atoms with Crippen LogP contribution in [-0.4, -0.2) is 19.2 Å². The summed E-state index contributed by atoms with van der Waals surface area (Å²) in [7, 11) is 1.61. The highest BCUT2D eigenvalue weighted by Gasteiger charge is 2.11. The maximum atomic E-state index is 12.5. The van der Waals surface area contributed by atoms with Crippen LogP contribution in [-0.2, 0) is 6.61 Å². The number of para-hydroxylation sites is 1. The molecule has 3 rings (SSSR count). The van der Waals surface area contributed by atoms with Crippen LogP contribution in [0.4, 0.5) is 0 Å². The fraction of sp³-hybridized carbons (Fsp3) is 0.0909. The average molecular weight is 395 g/mol. The molecule has 1 N–H and O–H groups in total. The highest BCUT2D eigenvalue weighted by Crippen LogP contribution is 2.20. The van der Waals surface area contributed by atoms with Gasteiger partial charge in [-0.3, -0.25) is 4.79 Å². The van der Waals surface area contributed by atoms with E-state index in [4.69, 9.17) is 21.1 Å². The van der Waals surface area contributed by atoms with Crippen LogP contribution < -0.4 is 14.9 Å². The van der Waals surface area contributed by atoms with Gasteiger partial charge in [0.25, 0.3) is 5.91 Å². The van der Waals surface area contributed by atoms with Crippen LogP contribution in [0.1, 0.15) is 21.5 Å². The standard InChI is InChI=1S/C22H19ClN2O3/c1-27-19-12-8-16(9-13-19)14-24-25-22(26)20-4-2-3-5-21(20)28-15-17-6-10-18(23)11-7-17/h2-14H,15H2,1H3,(H,25,26)/b24-14-. The number of hydrazone groups is 1. The number of nitrogens with one attached hydrogen (secondary N) is 1. The lowest BCUT2D eigenvalue weighted by atomic mass is 10.2. The minimum Gasteiger partial charge on any atom is -0.497 e. The maximum absolute atomic E-state index is 12.5. The van der Waals surface area contributed by atoms with Gasteiger partial charge in [0, 0.05) is 5.02 Å². The van der Waals surface area contributed by atoms with Crippen molar-refractivity contribution >= 4 is 23.7 Å². The minimum atomic E-state index is -0.350. The largest absolute Gasteiger partial charge is 0.497 e. The first-order valence-electron chi connectivity index (χ1n) is 8.59. The Bertz CT molecular complexity index is 954. The van der Waals surface area contributed by atoms with Gasteiger partial charge in [-0.1, -0.05) is 35.9 Å². The van der Waals surface area contributed by atoms with E-state index in [1.807, 2.05) is 42.5 Å². The highest BCUT2D eigenvalue weighted by atomic mass is 35.5. The normalized spacial score (nSPS) is 10.6. The number of carbonyl (C=O) groups excluding carboxylic acids is 1. The number of methoxy groups -OCH3 is 1. The number of ether oxygens (including phenoxy) is 2. The van der Waals surface area contributed by atoms with E-state index < -0.39 is 0 Å². The lowest BCUT2D eigenvalue weighted by Gasteiger charge is -2.10. The van der Waals surface area contributed by atoms with E-state index in [-0.39, 0.29) is 5.91 Å². The first-order valence-corrected chi connectivity index (χ1v) is 8.97. The number of hydrogen-bond donors (Lipinski definition) is 1. The molecule has 3 aromatic carbocycles. The summed E-state index contributed by atoms with van der Waals surface area (Å²) < 4.78 is 10.9. The summed E-state index contributed by atoms with van der Waals surface area (Å²) >= 11 is 5.89. The summed E-state index contributed by atoms with van der Waals surface area (Å²) in [5.74, 6) is 0.888. The third-order valence-corrected chi connectivity index (χ3v) is 4.19. The number of nitrogens with zero attached hydrogens (tertiary/aromatic N) is 1. The zero-order valence-electron chi connectivity index (χ0n) is 15.3. The topological polar surface area (TPSA) is 59.9 Å². The molecule has 0 aromatic heterocycles. The SMILES string of the molecule is COc1ccc(/C=N\NC(=O)c2ccccc2OCc2ccc(Cl)cc2)cc1.